The molecule has 0 unspecified atom stereocenters. The molecular formula is C10H17N5OS. The van der Waals surface area contributed by atoms with Gasteiger partial charge in [-0.25, -0.2) is 4.79 Å². The van der Waals surface area contributed by atoms with Gasteiger partial charge in [-0.3, -0.25) is 14.3 Å². The van der Waals surface area contributed by atoms with Gasteiger partial charge in [-0.1, -0.05) is 12.8 Å². The van der Waals surface area contributed by atoms with Gasteiger partial charge in [0, 0.05) is 51.7 Å². The van der Waals surface area contributed by atoms with Crippen LogP contribution < -0.4 is 10.6 Å². The Labute approximate surface area is 106 Å². The summed E-state index contributed by atoms with van der Waals surface area (Å²) in [5.41, 5.74) is 0.958. The molecule has 1 rings (SSSR count). The summed E-state index contributed by atoms with van der Waals surface area (Å²) in [6, 6.07) is -0.205. The first kappa shape index (κ1) is 13.7. The molecule has 0 bridgehead atoms. The van der Waals surface area contributed by atoms with E-state index in [-0.39, 0.29) is 6.03 Å². The van der Waals surface area contributed by atoms with Crippen LogP contribution in [0.3, 0.4) is 0 Å². The highest BCUT2D eigenvalue weighted by atomic mass is 32.1. The van der Waals surface area contributed by atoms with Crippen molar-refractivity contribution in [1.29, 1.82) is 0 Å². The fourth-order valence-electron chi connectivity index (χ4n) is 1.17. The number of nitrogens with zero attached hydrogens (tertiary/aromatic N) is 3. The maximum atomic E-state index is 11.1. The zero-order valence-corrected chi connectivity index (χ0v) is 10.7. The van der Waals surface area contributed by atoms with E-state index in [2.05, 4.69) is 33.4 Å². The van der Waals surface area contributed by atoms with Gasteiger partial charge in [-0.15, -0.1) is 0 Å². The van der Waals surface area contributed by atoms with Crippen molar-refractivity contribution in [1.82, 2.24) is 24.9 Å². The Morgan fingerprint density at radius 3 is 2.88 bits per heavy atom. The van der Waals surface area contributed by atoms with Crippen LogP contribution in [0.2, 0.25) is 0 Å². The van der Waals surface area contributed by atoms with E-state index in [1.165, 1.54) is 4.31 Å². The zero-order chi connectivity index (χ0) is 12.5. The van der Waals surface area contributed by atoms with Crippen LogP contribution in [-0.2, 0) is 6.42 Å². The zero-order valence-electron chi connectivity index (χ0n) is 9.76. The minimum Gasteiger partial charge on any atom is -0.336 e. The summed E-state index contributed by atoms with van der Waals surface area (Å²) < 4.78 is 1.21. The maximum absolute atomic E-state index is 11.1. The summed E-state index contributed by atoms with van der Waals surface area (Å²) in [5.74, 6) is 0. The van der Waals surface area contributed by atoms with Crippen molar-refractivity contribution in [2.75, 3.05) is 26.7 Å². The van der Waals surface area contributed by atoms with Gasteiger partial charge in [0.15, 0.2) is 0 Å². The molecular weight excluding hydrogens is 238 g/mol. The second kappa shape index (κ2) is 7.86. The molecule has 0 radical (unpaired) electrons. The summed E-state index contributed by atoms with van der Waals surface area (Å²) in [7, 11) is 1.58. The van der Waals surface area contributed by atoms with Gasteiger partial charge >= 0.3 is 6.03 Å². The van der Waals surface area contributed by atoms with E-state index in [9.17, 15) is 4.79 Å². The molecule has 0 spiro atoms. The largest absolute Gasteiger partial charge is 0.336 e. The van der Waals surface area contributed by atoms with Crippen LogP contribution in [0.15, 0.2) is 18.6 Å². The third kappa shape index (κ3) is 6.08. The van der Waals surface area contributed by atoms with Crippen LogP contribution in [0.1, 0.15) is 5.69 Å². The predicted molar refractivity (Wildman–Crippen MR) is 68.8 cm³/mol. The van der Waals surface area contributed by atoms with Crippen molar-refractivity contribution in [2.24, 2.45) is 0 Å². The quantitative estimate of drug-likeness (QED) is 0.498. The minimum absolute atomic E-state index is 0.205. The van der Waals surface area contributed by atoms with Crippen molar-refractivity contribution < 1.29 is 4.79 Å². The van der Waals surface area contributed by atoms with Crippen LogP contribution in [0.4, 0.5) is 4.79 Å². The van der Waals surface area contributed by atoms with Gasteiger partial charge in [-0.2, -0.15) is 0 Å². The molecule has 7 heteroatoms. The van der Waals surface area contributed by atoms with Gasteiger partial charge in [0.1, 0.15) is 0 Å². The number of thiol groups is 1. The topological polar surface area (TPSA) is 70.2 Å². The minimum atomic E-state index is -0.205. The van der Waals surface area contributed by atoms with Gasteiger partial charge in [-0.05, 0) is 0 Å². The molecule has 94 valence electrons. The van der Waals surface area contributed by atoms with E-state index >= 15 is 0 Å². The molecule has 1 heterocycles. The van der Waals surface area contributed by atoms with Crippen molar-refractivity contribution in [3.05, 3.63) is 24.3 Å². The number of urea groups is 1. The number of rotatable bonds is 6. The Balaban J connectivity index is 2.00. The monoisotopic (exact) mass is 255 g/mol. The highest BCUT2D eigenvalue weighted by Crippen LogP contribution is 1.89. The van der Waals surface area contributed by atoms with Gasteiger partial charge < -0.3 is 10.6 Å². The molecule has 0 aliphatic rings. The average Bonchev–Trinajstić information content (AvgIpc) is 2.34. The lowest BCUT2D eigenvalue weighted by Gasteiger charge is -2.10. The average molecular weight is 255 g/mol. The summed E-state index contributed by atoms with van der Waals surface area (Å²) >= 11 is 3.87. The van der Waals surface area contributed by atoms with Crippen LogP contribution in [0.5, 0.6) is 0 Å². The van der Waals surface area contributed by atoms with Crippen LogP contribution >= 0.6 is 12.8 Å². The van der Waals surface area contributed by atoms with Crippen molar-refractivity contribution >= 4 is 18.8 Å². The Morgan fingerprint density at radius 1 is 1.41 bits per heavy atom. The number of carbonyl (C=O) groups is 1. The van der Waals surface area contributed by atoms with E-state index in [0.29, 0.717) is 13.1 Å². The van der Waals surface area contributed by atoms with E-state index in [1.807, 2.05) is 0 Å². The summed E-state index contributed by atoms with van der Waals surface area (Å²) in [5, 5.41) is 5.90. The predicted octanol–water partition coefficient (Wildman–Crippen LogP) is 0.0949. The molecule has 17 heavy (non-hydrogen) atoms. The normalized spacial score (nSPS) is 10.0. The highest BCUT2D eigenvalue weighted by molar-refractivity contribution is 7.78. The molecule has 0 saturated carbocycles. The molecule has 2 amide bonds. The lowest BCUT2D eigenvalue weighted by Crippen LogP contribution is -2.36. The number of aromatic nitrogens is 2. The second-order valence-corrected chi connectivity index (χ2v) is 4.05. The van der Waals surface area contributed by atoms with E-state index in [0.717, 1.165) is 18.7 Å². The molecule has 0 aromatic carbocycles. The number of carbonyl (C=O) groups excluding carboxylic acids is 1. The van der Waals surface area contributed by atoms with Crippen molar-refractivity contribution in [3.63, 3.8) is 0 Å². The van der Waals surface area contributed by atoms with Crippen molar-refractivity contribution in [3.8, 4) is 0 Å². The van der Waals surface area contributed by atoms with E-state index < -0.39 is 0 Å². The second-order valence-electron chi connectivity index (χ2n) is 3.45. The first-order chi connectivity index (χ1) is 8.20. The lowest BCUT2D eigenvalue weighted by atomic mass is 10.3. The fourth-order valence-corrected chi connectivity index (χ4v) is 1.24. The SMILES string of the molecule is CN(S)C(=O)NCCNCCc1cnccn1. The molecule has 0 saturated heterocycles. The Morgan fingerprint density at radius 2 is 2.24 bits per heavy atom. The number of hydrogen-bond acceptors (Lipinski definition) is 5. The van der Waals surface area contributed by atoms with Crippen LogP contribution in [0.25, 0.3) is 0 Å². The number of hydrogen-bond donors (Lipinski definition) is 3. The molecule has 0 atom stereocenters. The van der Waals surface area contributed by atoms with Crippen LogP contribution in [0, 0.1) is 0 Å². The molecule has 6 nitrogen and oxygen atoms in total. The molecule has 2 N–H and O–H groups in total. The van der Waals surface area contributed by atoms with Gasteiger partial charge in [0.2, 0.25) is 0 Å². The van der Waals surface area contributed by atoms with E-state index in [1.54, 1.807) is 25.6 Å². The standard InChI is InChI=1S/C10H17N5OS/c1-15(17)10(16)14-7-4-11-3-2-9-8-12-5-6-13-9/h5-6,8,11,17H,2-4,7H2,1H3,(H,14,16). The lowest BCUT2D eigenvalue weighted by molar-refractivity contribution is 0.231. The Bertz CT molecular complexity index is 333. The van der Waals surface area contributed by atoms with Gasteiger partial charge in [0.05, 0.1) is 5.69 Å². The molecule has 0 aliphatic carbocycles. The third-order valence-corrected chi connectivity index (χ3v) is 2.23. The molecule has 0 aliphatic heterocycles. The molecule has 1 aromatic heterocycles. The third-order valence-electron chi connectivity index (χ3n) is 2.05. The molecule has 0 fully saturated rings. The first-order valence-corrected chi connectivity index (χ1v) is 5.76. The van der Waals surface area contributed by atoms with Gasteiger partial charge in [0.25, 0.3) is 0 Å². The summed E-state index contributed by atoms with van der Waals surface area (Å²) in [6.07, 6.45) is 5.91. The smallest absolute Gasteiger partial charge is 0.326 e. The van der Waals surface area contributed by atoms with E-state index in [4.69, 9.17) is 0 Å². The Hall–Kier alpha value is -1.34. The highest BCUT2D eigenvalue weighted by Gasteiger charge is 2.01. The number of nitrogens with one attached hydrogen (secondary N) is 2. The van der Waals surface area contributed by atoms with Crippen molar-refractivity contribution in [2.45, 2.75) is 6.42 Å². The maximum Gasteiger partial charge on any atom is 0.326 e. The Kier molecular flexibility index (Phi) is 6.34. The summed E-state index contributed by atoms with van der Waals surface area (Å²) in [6.45, 7) is 2.10. The summed E-state index contributed by atoms with van der Waals surface area (Å²) in [4.78, 5) is 19.2. The first-order valence-electron chi connectivity index (χ1n) is 5.36. The fraction of sp³-hybridized carbons (Fsp3) is 0.500. The number of amides is 2. The molecule has 1 aromatic rings. The van der Waals surface area contributed by atoms with Crippen LogP contribution in [-0.4, -0.2) is 47.0 Å².